The summed E-state index contributed by atoms with van der Waals surface area (Å²) in [5, 5.41) is 0. The summed E-state index contributed by atoms with van der Waals surface area (Å²) in [5.41, 5.74) is -1.24. The Morgan fingerprint density at radius 1 is 1.47 bits per heavy atom. The molecule has 0 unspecified atom stereocenters. The molecule has 0 saturated carbocycles. The molecule has 1 aliphatic heterocycles. The van der Waals surface area contributed by atoms with Crippen molar-refractivity contribution in [3.05, 3.63) is 25.1 Å². The van der Waals surface area contributed by atoms with E-state index < -0.39 is 23.1 Å². The van der Waals surface area contributed by atoms with Crippen LogP contribution in [0.3, 0.4) is 0 Å². The monoisotopic (exact) mass is 271 g/mol. The molecule has 0 N–H and O–H groups in total. The van der Waals surface area contributed by atoms with E-state index in [1.165, 1.54) is 4.90 Å². The molecule has 0 radical (unpaired) electrons. The predicted molar refractivity (Wildman–Crippen MR) is 71.6 cm³/mol. The van der Waals surface area contributed by atoms with E-state index in [4.69, 9.17) is 9.47 Å². The summed E-state index contributed by atoms with van der Waals surface area (Å²) in [6.45, 7) is 13.1. The predicted octanol–water partition coefficient (Wildman–Crippen LogP) is 3.05. The standard InChI is InChI=1S/C14H22FNO3/c1-6-7-18-14(8-11(2)15)9-16(10-14)12(17)19-13(3,4)5/h6H,1-2,7-10H2,3-5H3. The fourth-order valence-electron chi connectivity index (χ4n) is 1.94. The molecule has 1 rings (SSSR count). The topological polar surface area (TPSA) is 38.8 Å². The average molecular weight is 271 g/mol. The minimum Gasteiger partial charge on any atom is -0.444 e. The third kappa shape index (κ3) is 4.67. The van der Waals surface area contributed by atoms with Crippen molar-refractivity contribution in [1.82, 2.24) is 4.90 Å². The van der Waals surface area contributed by atoms with Gasteiger partial charge in [-0.1, -0.05) is 12.7 Å². The fourth-order valence-corrected chi connectivity index (χ4v) is 1.94. The largest absolute Gasteiger partial charge is 0.444 e. The van der Waals surface area contributed by atoms with Crippen LogP contribution in [-0.2, 0) is 9.47 Å². The maximum Gasteiger partial charge on any atom is 0.410 e. The molecule has 108 valence electrons. The highest BCUT2D eigenvalue weighted by atomic mass is 19.1. The van der Waals surface area contributed by atoms with Crippen LogP contribution in [0, 0.1) is 0 Å². The van der Waals surface area contributed by atoms with Crippen LogP contribution in [0.15, 0.2) is 25.1 Å². The van der Waals surface area contributed by atoms with Crippen molar-refractivity contribution in [2.75, 3.05) is 19.7 Å². The van der Waals surface area contributed by atoms with Crippen molar-refractivity contribution in [2.24, 2.45) is 0 Å². The molecule has 1 aliphatic rings. The first-order valence-corrected chi connectivity index (χ1v) is 6.23. The number of carbonyl (C=O) groups is 1. The molecular weight excluding hydrogens is 249 g/mol. The van der Waals surface area contributed by atoms with Crippen LogP contribution < -0.4 is 0 Å². The van der Waals surface area contributed by atoms with Gasteiger partial charge < -0.3 is 14.4 Å². The number of carbonyl (C=O) groups excluding carboxylic acids is 1. The SMILES string of the molecule is C=CCOC1(CC(=C)F)CN(C(=O)OC(C)(C)C)C1. The van der Waals surface area contributed by atoms with Gasteiger partial charge in [-0.15, -0.1) is 6.58 Å². The van der Waals surface area contributed by atoms with Gasteiger partial charge >= 0.3 is 6.09 Å². The number of halogens is 1. The van der Waals surface area contributed by atoms with Crippen molar-refractivity contribution in [1.29, 1.82) is 0 Å². The summed E-state index contributed by atoms with van der Waals surface area (Å²) in [6, 6.07) is 0. The molecule has 0 aromatic heterocycles. The minimum absolute atomic E-state index is 0.0835. The van der Waals surface area contributed by atoms with Crippen molar-refractivity contribution >= 4 is 6.09 Å². The minimum atomic E-state index is -0.697. The number of likely N-dealkylation sites (tertiary alicyclic amines) is 1. The van der Waals surface area contributed by atoms with E-state index in [9.17, 15) is 9.18 Å². The molecule has 1 amide bonds. The first-order chi connectivity index (χ1) is 8.67. The summed E-state index contributed by atoms with van der Waals surface area (Å²) < 4.78 is 23.8. The molecule has 0 aromatic rings. The highest BCUT2D eigenvalue weighted by Gasteiger charge is 2.47. The Kier molecular flexibility index (Phi) is 4.74. The molecule has 1 heterocycles. The summed E-state index contributed by atoms with van der Waals surface area (Å²) in [5.74, 6) is -0.451. The van der Waals surface area contributed by atoms with Gasteiger partial charge in [0.15, 0.2) is 0 Å². The van der Waals surface area contributed by atoms with Crippen LogP contribution in [0.2, 0.25) is 0 Å². The number of hydrogen-bond donors (Lipinski definition) is 0. The summed E-state index contributed by atoms with van der Waals surface area (Å²) in [4.78, 5) is 13.3. The second-order valence-electron chi connectivity index (χ2n) is 5.81. The smallest absolute Gasteiger partial charge is 0.410 e. The Bertz CT molecular complexity index is 367. The number of rotatable bonds is 5. The summed E-state index contributed by atoms with van der Waals surface area (Å²) >= 11 is 0. The maximum absolute atomic E-state index is 13.0. The molecule has 0 atom stereocenters. The van der Waals surface area contributed by atoms with Crippen LogP contribution >= 0.6 is 0 Å². The Labute approximate surface area is 113 Å². The van der Waals surface area contributed by atoms with E-state index in [-0.39, 0.29) is 6.42 Å². The number of amides is 1. The van der Waals surface area contributed by atoms with E-state index in [0.29, 0.717) is 19.7 Å². The van der Waals surface area contributed by atoms with Crippen LogP contribution in [0.4, 0.5) is 9.18 Å². The van der Waals surface area contributed by atoms with Gasteiger partial charge in [0.1, 0.15) is 11.2 Å². The molecule has 0 aromatic carbocycles. The fraction of sp³-hybridized carbons (Fsp3) is 0.643. The van der Waals surface area contributed by atoms with Crippen molar-refractivity contribution in [2.45, 2.75) is 38.4 Å². The van der Waals surface area contributed by atoms with Gasteiger partial charge in [0.05, 0.1) is 25.5 Å². The van der Waals surface area contributed by atoms with Gasteiger partial charge in [0.2, 0.25) is 0 Å². The lowest BCUT2D eigenvalue weighted by molar-refractivity contribution is -0.133. The molecular formula is C14H22FNO3. The lowest BCUT2D eigenvalue weighted by Crippen LogP contribution is -2.65. The zero-order valence-electron chi connectivity index (χ0n) is 11.9. The third-order valence-electron chi connectivity index (χ3n) is 2.63. The zero-order chi connectivity index (χ0) is 14.7. The lowest BCUT2D eigenvalue weighted by Gasteiger charge is -2.49. The zero-order valence-corrected chi connectivity index (χ0v) is 11.9. The highest BCUT2D eigenvalue weighted by Crippen LogP contribution is 2.32. The number of nitrogens with zero attached hydrogens (tertiary/aromatic N) is 1. The van der Waals surface area contributed by atoms with E-state index in [1.54, 1.807) is 26.8 Å². The van der Waals surface area contributed by atoms with Crippen LogP contribution in [0.1, 0.15) is 27.2 Å². The second kappa shape index (κ2) is 5.74. The van der Waals surface area contributed by atoms with Crippen LogP contribution in [-0.4, -0.2) is 41.9 Å². The van der Waals surface area contributed by atoms with Gasteiger partial charge in [-0.25, -0.2) is 9.18 Å². The highest BCUT2D eigenvalue weighted by molar-refractivity contribution is 5.69. The first kappa shape index (κ1) is 15.7. The molecule has 0 spiro atoms. The molecule has 5 heteroatoms. The van der Waals surface area contributed by atoms with Crippen molar-refractivity contribution in [3.8, 4) is 0 Å². The molecule has 19 heavy (non-hydrogen) atoms. The van der Waals surface area contributed by atoms with Gasteiger partial charge in [-0.2, -0.15) is 0 Å². The Balaban J connectivity index is 2.56. The Morgan fingerprint density at radius 2 is 2.05 bits per heavy atom. The lowest BCUT2D eigenvalue weighted by atomic mass is 9.90. The van der Waals surface area contributed by atoms with E-state index in [0.717, 1.165) is 0 Å². The van der Waals surface area contributed by atoms with Crippen LogP contribution in [0.5, 0.6) is 0 Å². The molecule has 0 bridgehead atoms. The Hall–Kier alpha value is -1.36. The van der Waals surface area contributed by atoms with Gasteiger partial charge in [0.25, 0.3) is 0 Å². The van der Waals surface area contributed by atoms with Gasteiger partial charge in [0, 0.05) is 6.42 Å². The summed E-state index contributed by atoms with van der Waals surface area (Å²) in [7, 11) is 0. The second-order valence-corrected chi connectivity index (χ2v) is 5.81. The average Bonchev–Trinajstić information content (AvgIpc) is 2.17. The van der Waals surface area contributed by atoms with E-state index >= 15 is 0 Å². The quantitative estimate of drug-likeness (QED) is 0.721. The maximum atomic E-state index is 13.0. The number of ether oxygens (including phenoxy) is 2. The van der Waals surface area contributed by atoms with Crippen LogP contribution in [0.25, 0.3) is 0 Å². The number of hydrogen-bond acceptors (Lipinski definition) is 3. The van der Waals surface area contributed by atoms with Crippen molar-refractivity contribution in [3.63, 3.8) is 0 Å². The Morgan fingerprint density at radius 3 is 2.47 bits per heavy atom. The van der Waals surface area contributed by atoms with E-state index in [1.807, 2.05) is 0 Å². The molecule has 4 nitrogen and oxygen atoms in total. The normalized spacial score (nSPS) is 17.6. The third-order valence-corrected chi connectivity index (χ3v) is 2.63. The van der Waals surface area contributed by atoms with Crippen molar-refractivity contribution < 1.29 is 18.7 Å². The molecule has 1 saturated heterocycles. The van der Waals surface area contributed by atoms with Gasteiger partial charge in [-0.3, -0.25) is 0 Å². The summed E-state index contributed by atoms with van der Waals surface area (Å²) in [6.07, 6.45) is 1.27. The first-order valence-electron chi connectivity index (χ1n) is 6.23. The van der Waals surface area contributed by atoms with Gasteiger partial charge in [-0.05, 0) is 20.8 Å². The van der Waals surface area contributed by atoms with E-state index in [2.05, 4.69) is 13.2 Å². The molecule has 1 fully saturated rings. The molecule has 0 aliphatic carbocycles.